The lowest BCUT2D eigenvalue weighted by molar-refractivity contribution is -0.138. The van der Waals surface area contributed by atoms with Gasteiger partial charge in [0.05, 0.1) is 17.9 Å². The smallest absolute Gasteiger partial charge is 0.417 e. The van der Waals surface area contributed by atoms with Crippen LogP contribution >= 0.6 is 0 Å². The molecular weight excluding hydrogens is 575 g/mol. The normalized spacial score (nSPS) is 16.4. The highest BCUT2D eigenvalue weighted by Gasteiger charge is 2.34. The molecule has 1 aliphatic heterocycles. The van der Waals surface area contributed by atoms with E-state index in [9.17, 15) is 32.3 Å². The van der Waals surface area contributed by atoms with Crippen LogP contribution in [0.1, 0.15) is 47.8 Å². The van der Waals surface area contributed by atoms with E-state index in [0.29, 0.717) is 13.0 Å². The summed E-state index contributed by atoms with van der Waals surface area (Å²) >= 11 is 0. The lowest BCUT2D eigenvalue weighted by Crippen LogP contribution is -2.41. The van der Waals surface area contributed by atoms with Crippen LogP contribution in [0.2, 0.25) is 0 Å². The summed E-state index contributed by atoms with van der Waals surface area (Å²) in [6.45, 7) is 2.36. The first-order valence-corrected chi connectivity index (χ1v) is 14.4. The third kappa shape index (κ3) is 8.68. The SMILES string of the molecule is CCOC(=O)/C=C/C(CC1CCNC1=O)NC(=O)C(CC(=O)c1ccc(-c2ccccc2C(F)(F)F)[nH]1)Cc1ccccc1. The lowest BCUT2D eigenvalue weighted by Gasteiger charge is -2.22. The molecule has 11 heteroatoms. The Kier molecular flexibility index (Phi) is 10.8. The molecule has 3 N–H and O–H groups in total. The fraction of sp³-hybridized carbons (Fsp3) is 0.333. The van der Waals surface area contributed by atoms with Crippen molar-refractivity contribution in [2.45, 2.75) is 44.8 Å². The highest BCUT2D eigenvalue weighted by atomic mass is 19.4. The van der Waals surface area contributed by atoms with E-state index in [1.165, 1.54) is 42.5 Å². The zero-order chi connectivity index (χ0) is 31.7. The van der Waals surface area contributed by atoms with Gasteiger partial charge in [0.2, 0.25) is 11.8 Å². The van der Waals surface area contributed by atoms with Crippen molar-refractivity contribution < 1.29 is 37.1 Å². The van der Waals surface area contributed by atoms with Gasteiger partial charge in [-0.25, -0.2) is 4.79 Å². The van der Waals surface area contributed by atoms with Gasteiger partial charge < -0.3 is 20.4 Å². The number of H-pyrrole nitrogens is 1. The third-order valence-electron chi connectivity index (χ3n) is 7.42. The van der Waals surface area contributed by atoms with Gasteiger partial charge in [-0.3, -0.25) is 14.4 Å². The molecule has 0 radical (unpaired) electrons. The molecule has 1 aromatic heterocycles. The van der Waals surface area contributed by atoms with Crippen molar-refractivity contribution in [2.24, 2.45) is 11.8 Å². The second kappa shape index (κ2) is 14.7. The van der Waals surface area contributed by atoms with Crippen molar-refractivity contribution in [1.82, 2.24) is 15.6 Å². The van der Waals surface area contributed by atoms with Gasteiger partial charge in [-0.15, -0.1) is 0 Å². The van der Waals surface area contributed by atoms with E-state index in [2.05, 4.69) is 15.6 Å². The first kappa shape index (κ1) is 32.2. The predicted molar refractivity (Wildman–Crippen MR) is 157 cm³/mol. The molecule has 0 saturated carbocycles. The van der Waals surface area contributed by atoms with Crippen LogP contribution in [-0.2, 0) is 31.7 Å². The van der Waals surface area contributed by atoms with Crippen molar-refractivity contribution in [3.8, 4) is 11.3 Å². The number of nitrogens with one attached hydrogen (secondary N) is 3. The first-order chi connectivity index (χ1) is 21.0. The molecule has 4 rings (SSSR count). The molecule has 2 amide bonds. The average Bonchev–Trinajstić information content (AvgIpc) is 3.65. The summed E-state index contributed by atoms with van der Waals surface area (Å²) < 4.78 is 45.7. The maximum absolute atomic E-state index is 13.7. The van der Waals surface area contributed by atoms with Crippen LogP contribution in [0.4, 0.5) is 13.2 Å². The summed E-state index contributed by atoms with van der Waals surface area (Å²) in [5, 5.41) is 5.65. The van der Waals surface area contributed by atoms with E-state index >= 15 is 0 Å². The van der Waals surface area contributed by atoms with Crippen LogP contribution in [0.5, 0.6) is 0 Å². The Bertz CT molecular complexity index is 1500. The van der Waals surface area contributed by atoms with Gasteiger partial charge in [-0.2, -0.15) is 13.2 Å². The standard InChI is InChI=1S/C33H34F3N3O5/c1-2-44-30(41)15-12-24(19-22-16-17-37-31(22)42)38-32(43)23(18-21-8-4-3-5-9-21)20-29(40)28-14-13-27(39-28)25-10-6-7-11-26(25)33(34,35)36/h3-15,22-24,39H,2,16-20H2,1H3,(H,37,42)(H,38,43)/b15-12+. The van der Waals surface area contributed by atoms with Gasteiger partial charge in [-0.1, -0.05) is 54.6 Å². The number of halogens is 3. The third-order valence-corrected chi connectivity index (χ3v) is 7.42. The van der Waals surface area contributed by atoms with Gasteiger partial charge in [0.15, 0.2) is 5.78 Å². The number of aromatic amines is 1. The number of aromatic nitrogens is 1. The molecule has 0 bridgehead atoms. The number of Topliss-reactive ketones (excluding diaryl/α,β-unsaturated/α-hetero) is 1. The quantitative estimate of drug-likeness (QED) is 0.139. The number of ether oxygens (including phenoxy) is 1. The van der Waals surface area contributed by atoms with E-state index in [0.717, 1.165) is 11.6 Å². The molecule has 3 atom stereocenters. The molecule has 44 heavy (non-hydrogen) atoms. The predicted octanol–water partition coefficient (Wildman–Crippen LogP) is 5.26. The largest absolute Gasteiger partial charge is 0.463 e. The molecule has 1 aliphatic rings. The number of benzene rings is 2. The maximum Gasteiger partial charge on any atom is 0.417 e. The second-order valence-electron chi connectivity index (χ2n) is 10.6. The zero-order valence-corrected chi connectivity index (χ0v) is 24.2. The Morgan fingerprint density at radius 3 is 2.45 bits per heavy atom. The van der Waals surface area contributed by atoms with Crippen molar-refractivity contribution in [2.75, 3.05) is 13.2 Å². The number of ketones is 1. The van der Waals surface area contributed by atoms with Crippen molar-refractivity contribution in [3.63, 3.8) is 0 Å². The van der Waals surface area contributed by atoms with Crippen molar-refractivity contribution in [1.29, 1.82) is 0 Å². The Morgan fingerprint density at radius 1 is 1.05 bits per heavy atom. The van der Waals surface area contributed by atoms with Crippen molar-refractivity contribution in [3.05, 3.63) is 95.7 Å². The summed E-state index contributed by atoms with van der Waals surface area (Å²) in [6.07, 6.45) is -1.09. The fourth-order valence-electron chi connectivity index (χ4n) is 5.22. The number of carbonyl (C=O) groups excluding carboxylic acids is 4. The Morgan fingerprint density at radius 2 is 1.77 bits per heavy atom. The van der Waals surface area contributed by atoms with Crippen LogP contribution in [0, 0.1) is 11.8 Å². The summed E-state index contributed by atoms with van der Waals surface area (Å²) in [5.41, 5.74) is 0.0823. The molecule has 3 unspecified atom stereocenters. The molecule has 2 heterocycles. The molecule has 0 spiro atoms. The van der Waals surface area contributed by atoms with Gasteiger partial charge in [0.1, 0.15) is 0 Å². The van der Waals surface area contributed by atoms with Crippen molar-refractivity contribution >= 4 is 23.6 Å². The van der Waals surface area contributed by atoms with Crippen LogP contribution in [0.3, 0.4) is 0 Å². The van der Waals surface area contributed by atoms with Crippen LogP contribution in [-0.4, -0.2) is 47.7 Å². The highest BCUT2D eigenvalue weighted by molar-refractivity contribution is 5.98. The number of hydrogen-bond donors (Lipinski definition) is 3. The number of carbonyl (C=O) groups is 4. The molecular formula is C33H34F3N3O5. The molecule has 8 nitrogen and oxygen atoms in total. The lowest BCUT2D eigenvalue weighted by atomic mass is 9.91. The number of hydrogen-bond acceptors (Lipinski definition) is 5. The van der Waals surface area contributed by atoms with Gasteiger partial charge in [0.25, 0.3) is 0 Å². The number of esters is 1. The summed E-state index contributed by atoms with van der Waals surface area (Å²) in [4.78, 5) is 54.1. The minimum absolute atomic E-state index is 0.0734. The Hall–Kier alpha value is -4.67. The summed E-state index contributed by atoms with van der Waals surface area (Å²) in [6, 6.07) is 16.3. The Labute approximate surface area is 253 Å². The molecule has 1 saturated heterocycles. The molecule has 232 valence electrons. The monoisotopic (exact) mass is 609 g/mol. The Balaban J connectivity index is 1.55. The van der Waals surface area contributed by atoms with E-state index in [1.807, 2.05) is 30.3 Å². The fourth-order valence-corrected chi connectivity index (χ4v) is 5.22. The number of rotatable bonds is 13. The maximum atomic E-state index is 13.7. The number of amides is 2. The summed E-state index contributed by atoms with van der Waals surface area (Å²) in [7, 11) is 0. The van der Waals surface area contributed by atoms with Crippen LogP contribution in [0.15, 0.2) is 78.9 Å². The summed E-state index contributed by atoms with van der Waals surface area (Å²) in [5.74, 6) is -2.86. The van der Waals surface area contributed by atoms with Crippen LogP contribution < -0.4 is 10.6 Å². The number of alkyl halides is 3. The van der Waals surface area contributed by atoms with E-state index in [1.54, 1.807) is 6.92 Å². The average molecular weight is 610 g/mol. The minimum Gasteiger partial charge on any atom is -0.463 e. The highest BCUT2D eigenvalue weighted by Crippen LogP contribution is 2.36. The van der Waals surface area contributed by atoms with Crippen LogP contribution in [0.25, 0.3) is 11.3 Å². The molecule has 2 aromatic carbocycles. The minimum atomic E-state index is -4.58. The molecule has 0 aliphatic carbocycles. The zero-order valence-electron chi connectivity index (χ0n) is 24.2. The molecule has 1 fully saturated rings. The van der Waals surface area contributed by atoms with Gasteiger partial charge in [0, 0.05) is 48.2 Å². The van der Waals surface area contributed by atoms with Gasteiger partial charge in [-0.05, 0) is 49.9 Å². The van der Waals surface area contributed by atoms with Gasteiger partial charge >= 0.3 is 12.1 Å². The van der Waals surface area contributed by atoms with E-state index < -0.39 is 41.4 Å². The van der Waals surface area contributed by atoms with E-state index in [4.69, 9.17) is 4.74 Å². The second-order valence-corrected chi connectivity index (χ2v) is 10.6. The molecule has 3 aromatic rings. The first-order valence-electron chi connectivity index (χ1n) is 14.4. The topological polar surface area (TPSA) is 117 Å². The van der Waals surface area contributed by atoms with E-state index in [-0.39, 0.29) is 54.6 Å².